The average molecular weight is 284 g/mol. The van der Waals surface area contributed by atoms with Crippen LogP contribution < -0.4 is 5.32 Å². The van der Waals surface area contributed by atoms with E-state index in [2.05, 4.69) is 22.1 Å². The Balaban J connectivity index is 2.22. The van der Waals surface area contributed by atoms with Gasteiger partial charge in [-0.1, -0.05) is 24.0 Å². The van der Waals surface area contributed by atoms with Crippen molar-refractivity contribution < 1.29 is 14.3 Å². The number of anilines is 1. The van der Waals surface area contributed by atoms with Gasteiger partial charge in [0.2, 0.25) is 0 Å². The fourth-order valence-corrected chi connectivity index (χ4v) is 1.72. The van der Waals surface area contributed by atoms with E-state index in [0.29, 0.717) is 11.1 Å². The van der Waals surface area contributed by atoms with Crippen LogP contribution in [0, 0.1) is 24.6 Å². The molecular weight excluding hydrogens is 271 g/mol. The molecular formula is C16H13FN2O2. The second-order valence-corrected chi connectivity index (χ2v) is 4.28. The summed E-state index contributed by atoms with van der Waals surface area (Å²) in [7, 11) is 0. The Kier molecular flexibility index (Phi) is 4.64. The van der Waals surface area contributed by atoms with E-state index in [0.717, 1.165) is 0 Å². The standard InChI is InChI=1S/C16H13FN2O2/c1-11-4-2-6-13(15(11)17)16(21)19-14-10-12(5-3-9-20)7-8-18-14/h2,4,6-8,10,20H,9H2,1H3,(H,18,19,21). The number of benzene rings is 1. The van der Waals surface area contributed by atoms with Crippen molar-refractivity contribution in [3.05, 3.63) is 59.0 Å². The predicted molar refractivity (Wildman–Crippen MR) is 77.3 cm³/mol. The van der Waals surface area contributed by atoms with Crippen LogP contribution in [-0.4, -0.2) is 22.6 Å². The number of aliphatic hydroxyl groups excluding tert-OH is 1. The van der Waals surface area contributed by atoms with Gasteiger partial charge in [0.15, 0.2) is 0 Å². The number of aromatic nitrogens is 1. The van der Waals surface area contributed by atoms with Crippen LogP contribution in [0.15, 0.2) is 36.5 Å². The Hall–Kier alpha value is -2.71. The van der Waals surface area contributed by atoms with E-state index in [9.17, 15) is 9.18 Å². The molecule has 0 aliphatic heterocycles. The third-order valence-electron chi connectivity index (χ3n) is 2.75. The van der Waals surface area contributed by atoms with Crippen LogP contribution in [0.25, 0.3) is 0 Å². The highest BCUT2D eigenvalue weighted by atomic mass is 19.1. The average Bonchev–Trinajstić information content (AvgIpc) is 2.48. The first kappa shape index (κ1) is 14.7. The highest BCUT2D eigenvalue weighted by Gasteiger charge is 2.13. The lowest BCUT2D eigenvalue weighted by atomic mass is 10.1. The van der Waals surface area contributed by atoms with Crippen molar-refractivity contribution in [3.8, 4) is 11.8 Å². The molecule has 5 heteroatoms. The third-order valence-corrected chi connectivity index (χ3v) is 2.75. The zero-order valence-corrected chi connectivity index (χ0v) is 11.4. The summed E-state index contributed by atoms with van der Waals surface area (Å²) in [5, 5.41) is 11.2. The Bertz CT molecular complexity index is 733. The van der Waals surface area contributed by atoms with Crippen LogP contribution in [-0.2, 0) is 0 Å². The molecule has 0 radical (unpaired) electrons. The summed E-state index contributed by atoms with van der Waals surface area (Å²) in [6, 6.07) is 7.81. The van der Waals surface area contributed by atoms with Crippen LogP contribution in [0.4, 0.5) is 10.2 Å². The second kappa shape index (κ2) is 6.64. The van der Waals surface area contributed by atoms with E-state index >= 15 is 0 Å². The molecule has 0 fully saturated rings. The number of carbonyl (C=O) groups excluding carboxylic acids is 1. The molecule has 0 saturated carbocycles. The van der Waals surface area contributed by atoms with Crippen molar-refractivity contribution in [2.45, 2.75) is 6.92 Å². The number of pyridine rings is 1. The highest BCUT2D eigenvalue weighted by molar-refractivity contribution is 6.04. The molecule has 106 valence electrons. The number of carbonyl (C=O) groups is 1. The van der Waals surface area contributed by atoms with Gasteiger partial charge in [0.05, 0.1) is 5.56 Å². The summed E-state index contributed by atoms with van der Waals surface area (Å²) in [5.41, 5.74) is 0.959. The predicted octanol–water partition coefficient (Wildman–Crippen LogP) is 2.13. The first-order chi connectivity index (χ1) is 10.1. The van der Waals surface area contributed by atoms with Gasteiger partial charge in [0.25, 0.3) is 5.91 Å². The molecule has 2 rings (SSSR count). The third kappa shape index (κ3) is 3.65. The van der Waals surface area contributed by atoms with Gasteiger partial charge >= 0.3 is 0 Å². The quantitative estimate of drug-likeness (QED) is 0.830. The van der Waals surface area contributed by atoms with Crippen LogP contribution in [0.3, 0.4) is 0 Å². The topological polar surface area (TPSA) is 62.2 Å². The van der Waals surface area contributed by atoms with E-state index in [-0.39, 0.29) is 18.0 Å². The van der Waals surface area contributed by atoms with Gasteiger partial charge in [0, 0.05) is 11.8 Å². The minimum atomic E-state index is -0.573. The summed E-state index contributed by atoms with van der Waals surface area (Å²) in [4.78, 5) is 16.0. The lowest BCUT2D eigenvalue weighted by molar-refractivity contribution is 0.102. The lowest BCUT2D eigenvalue weighted by Crippen LogP contribution is -2.15. The van der Waals surface area contributed by atoms with Crippen LogP contribution in [0.2, 0.25) is 0 Å². The number of hydrogen-bond acceptors (Lipinski definition) is 3. The SMILES string of the molecule is Cc1cccc(C(=O)Nc2cc(C#CCO)ccn2)c1F. The van der Waals surface area contributed by atoms with Gasteiger partial charge < -0.3 is 10.4 Å². The number of nitrogens with one attached hydrogen (secondary N) is 1. The molecule has 2 aromatic rings. The van der Waals surface area contributed by atoms with Gasteiger partial charge in [-0.05, 0) is 30.7 Å². The van der Waals surface area contributed by atoms with E-state index in [4.69, 9.17) is 5.11 Å². The summed E-state index contributed by atoms with van der Waals surface area (Å²) >= 11 is 0. The van der Waals surface area contributed by atoms with E-state index in [1.807, 2.05) is 0 Å². The largest absolute Gasteiger partial charge is 0.384 e. The molecule has 2 N–H and O–H groups in total. The van der Waals surface area contributed by atoms with E-state index < -0.39 is 11.7 Å². The fourth-order valence-electron chi connectivity index (χ4n) is 1.72. The molecule has 1 heterocycles. The number of nitrogens with zero attached hydrogens (tertiary/aromatic N) is 1. The normalized spacial score (nSPS) is 9.67. The van der Waals surface area contributed by atoms with Crippen molar-refractivity contribution in [2.75, 3.05) is 11.9 Å². The molecule has 4 nitrogen and oxygen atoms in total. The first-order valence-electron chi connectivity index (χ1n) is 6.24. The Morgan fingerprint density at radius 3 is 3.00 bits per heavy atom. The first-order valence-corrected chi connectivity index (χ1v) is 6.24. The van der Waals surface area contributed by atoms with Crippen LogP contribution in [0.1, 0.15) is 21.5 Å². The van der Waals surface area contributed by atoms with E-state index in [1.165, 1.54) is 12.3 Å². The second-order valence-electron chi connectivity index (χ2n) is 4.28. The molecule has 1 aromatic carbocycles. The summed E-state index contributed by atoms with van der Waals surface area (Å²) in [6.45, 7) is 1.34. The zero-order chi connectivity index (χ0) is 15.2. The van der Waals surface area contributed by atoms with Crippen molar-refractivity contribution in [1.29, 1.82) is 0 Å². The van der Waals surface area contributed by atoms with Gasteiger partial charge in [-0.3, -0.25) is 4.79 Å². The van der Waals surface area contributed by atoms with Crippen molar-refractivity contribution in [2.24, 2.45) is 0 Å². The summed E-state index contributed by atoms with van der Waals surface area (Å²) in [5.74, 6) is 4.35. The lowest BCUT2D eigenvalue weighted by Gasteiger charge is -2.07. The maximum atomic E-state index is 13.9. The molecule has 0 spiro atoms. The molecule has 1 amide bonds. The summed E-state index contributed by atoms with van der Waals surface area (Å²) in [6.07, 6.45) is 1.48. The van der Waals surface area contributed by atoms with Crippen molar-refractivity contribution >= 4 is 11.7 Å². The Labute approximate surface area is 121 Å². The van der Waals surface area contributed by atoms with Crippen LogP contribution >= 0.6 is 0 Å². The van der Waals surface area contributed by atoms with Gasteiger partial charge in [-0.2, -0.15) is 0 Å². The minimum Gasteiger partial charge on any atom is -0.384 e. The number of amides is 1. The maximum absolute atomic E-state index is 13.9. The molecule has 0 saturated heterocycles. The molecule has 21 heavy (non-hydrogen) atoms. The number of aliphatic hydroxyl groups is 1. The Morgan fingerprint density at radius 2 is 2.24 bits per heavy atom. The van der Waals surface area contributed by atoms with Crippen molar-refractivity contribution in [1.82, 2.24) is 4.98 Å². The summed E-state index contributed by atoms with van der Waals surface area (Å²) < 4.78 is 13.9. The number of halogens is 1. The van der Waals surface area contributed by atoms with Gasteiger partial charge in [-0.15, -0.1) is 0 Å². The highest BCUT2D eigenvalue weighted by Crippen LogP contribution is 2.14. The molecule has 0 atom stereocenters. The molecule has 0 aliphatic rings. The monoisotopic (exact) mass is 284 g/mol. The van der Waals surface area contributed by atoms with Crippen molar-refractivity contribution in [3.63, 3.8) is 0 Å². The number of aryl methyl sites for hydroxylation is 1. The number of rotatable bonds is 2. The molecule has 0 aliphatic carbocycles. The van der Waals surface area contributed by atoms with Gasteiger partial charge in [0.1, 0.15) is 18.2 Å². The van der Waals surface area contributed by atoms with Gasteiger partial charge in [-0.25, -0.2) is 9.37 Å². The Morgan fingerprint density at radius 1 is 1.43 bits per heavy atom. The number of hydrogen-bond donors (Lipinski definition) is 2. The van der Waals surface area contributed by atoms with Crippen LogP contribution in [0.5, 0.6) is 0 Å². The zero-order valence-electron chi connectivity index (χ0n) is 11.4. The minimum absolute atomic E-state index is 0.0383. The molecule has 1 aromatic heterocycles. The maximum Gasteiger partial charge on any atom is 0.259 e. The van der Waals surface area contributed by atoms with E-state index in [1.54, 1.807) is 31.2 Å². The smallest absolute Gasteiger partial charge is 0.259 e. The molecule has 0 bridgehead atoms. The molecule has 0 unspecified atom stereocenters. The fraction of sp³-hybridized carbons (Fsp3) is 0.125.